The zero-order chi connectivity index (χ0) is 11.7. The molecule has 0 aliphatic carbocycles. The molecule has 17 heavy (non-hydrogen) atoms. The van der Waals surface area contributed by atoms with Crippen LogP contribution in [0.4, 0.5) is 0 Å². The van der Waals surface area contributed by atoms with E-state index in [4.69, 9.17) is 10.00 Å². The van der Waals surface area contributed by atoms with Gasteiger partial charge < -0.3 is 4.74 Å². The van der Waals surface area contributed by atoms with Crippen LogP contribution in [-0.4, -0.2) is 18.2 Å². The van der Waals surface area contributed by atoms with Crippen molar-refractivity contribution < 1.29 is 4.74 Å². The first-order chi connectivity index (χ1) is 8.31. The van der Waals surface area contributed by atoms with Gasteiger partial charge in [-0.1, -0.05) is 12.1 Å². The van der Waals surface area contributed by atoms with Crippen LogP contribution in [0, 0.1) is 16.7 Å². The molecule has 1 fully saturated rings. The third kappa shape index (κ3) is 1.77. The highest BCUT2D eigenvalue weighted by atomic mass is 16.5. The van der Waals surface area contributed by atoms with E-state index in [-0.39, 0.29) is 5.41 Å². The molecule has 1 aliphatic rings. The van der Waals surface area contributed by atoms with E-state index in [1.54, 1.807) is 6.20 Å². The molecular formula is C14H12N2O. The highest BCUT2D eigenvalue weighted by molar-refractivity contribution is 5.78. The van der Waals surface area contributed by atoms with Gasteiger partial charge in [0.2, 0.25) is 0 Å². The van der Waals surface area contributed by atoms with Crippen LogP contribution >= 0.6 is 0 Å². The Kier molecular flexibility index (Phi) is 2.31. The Hall–Kier alpha value is -1.92. The Labute approximate surface area is 99.7 Å². The number of benzene rings is 1. The summed E-state index contributed by atoms with van der Waals surface area (Å²) in [7, 11) is 0. The quantitative estimate of drug-likeness (QED) is 0.786. The molecule has 3 nitrogen and oxygen atoms in total. The van der Waals surface area contributed by atoms with Crippen molar-refractivity contribution in [2.24, 2.45) is 5.41 Å². The Balaban J connectivity index is 1.94. The molecule has 1 saturated heterocycles. The molecule has 0 atom stereocenters. The summed E-state index contributed by atoms with van der Waals surface area (Å²) in [5.41, 5.74) is 1.86. The molecule has 3 heteroatoms. The fourth-order valence-corrected chi connectivity index (χ4v) is 2.18. The molecule has 2 heterocycles. The lowest BCUT2D eigenvalue weighted by Crippen LogP contribution is -2.43. The smallest absolute Gasteiger partial charge is 0.108 e. The minimum Gasteiger partial charge on any atom is -0.378 e. The summed E-state index contributed by atoms with van der Waals surface area (Å²) in [6.07, 6.45) is 2.55. The SMILES string of the molecule is N#CC1(Cc2ccc3ncccc3c2)COC1. The van der Waals surface area contributed by atoms with Gasteiger partial charge in [-0.05, 0) is 30.2 Å². The average molecular weight is 224 g/mol. The van der Waals surface area contributed by atoms with E-state index in [0.717, 1.165) is 17.3 Å². The molecular weight excluding hydrogens is 212 g/mol. The third-order valence-corrected chi connectivity index (χ3v) is 3.20. The Morgan fingerprint density at radius 2 is 2.24 bits per heavy atom. The highest BCUT2D eigenvalue weighted by Gasteiger charge is 2.38. The molecule has 0 radical (unpaired) electrons. The van der Waals surface area contributed by atoms with Gasteiger partial charge in [-0.2, -0.15) is 5.26 Å². The van der Waals surface area contributed by atoms with Gasteiger partial charge in [-0.3, -0.25) is 4.98 Å². The number of hydrogen-bond acceptors (Lipinski definition) is 3. The van der Waals surface area contributed by atoms with E-state index >= 15 is 0 Å². The first-order valence-corrected chi connectivity index (χ1v) is 5.64. The summed E-state index contributed by atoms with van der Waals surface area (Å²) in [4.78, 5) is 4.28. The molecule has 0 spiro atoms. The van der Waals surface area contributed by atoms with Crippen molar-refractivity contribution in [2.45, 2.75) is 6.42 Å². The van der Waals surface area contributed by atoms with Gasteiger partial charge in [0.25, 0.3) is 0 Å². The lowest BCUT2D eigenvalue weighted by atomic mass is 9.81. The molecule has 3 rings (SSSR count). The topological polar surface area (TPSA) is 45.9 Å². The highest BCUT2D eigenvalue weighted by Crippen LogP contribution is 2.31. The van der Waals surface area contributed by atoms with Crippen LogP contribution in [0.3, 0.4) is 0 Å². The monoisotopic (exact) mass is 224 g/mol. The fourth-order valence-electron chi connectivity index (χ4n) is 2.18. The number of nitriles is 1. The number of ether oxygens (including phenoxy) is 1. The molecule has 2 aromatic rings. The van der Waals surface area contributed by atoms with Crippen molar-refractivity contribution in [3.8, 4) is 6.07 Å². The Morgan fingerprint density at radius 3 is 2.94 bits per heavy atom. The first kappa shape index (κ1) is 10.2. The molecule has 84 valence electrons. The van der Waals surface area contributed by atoms with Gasteiger partial charge in [-0.25, -0.2) is 0 Å². The largest absolute Gasteiger partial charge is 0.378 e. The fraction of sp³-hybridized carbons (Fsp3) is 0.286. The van der Waals surface area contributed by atoms with Crippen molar-refractivity contribution in [3.63, 3.8) is 0 Å². The maximum absolute atomic E-state index is 9.17. The van der Waals surface area contributed by atoms with E-state index < -0.39 is 0 Å². The van der Waals surface area contributed by atoms with E-state index in [1.807, 2.05) is 24.3 Å². The summed E-state index contributed by atoms with van der Waals surface area (Å²) < 4.78 is 5.15. The maximum Gasteiger partial charge on any atom is 0.108 e. The average Bonchev–Trinajstić information content (AvgIpc) is 2.34. The van der Waals surface area contributed by atoms with Crippen molar-refractivity contribution in [2.75, 3.05) is 13.2 Å². The Bertz CT molecular complexity index is 596. The van der Waals surface area contributed by atoms with Gasteiger partial charge in [-0.15, -0.1) is 0 Å². The summed E-state index contributed by atoms with van der Waals surface area (Å²) in [5, 5.41) is 10.3. The maximum atomic E-state index is 9.17. The van der Waals surface area contributed by atoms with Crippen LogP contribution in [0.1, 0.15) is 5.56 Å². The van der Waals surface area contributed by atoms with Crippen LogP contribution in [0.2, 0.25) is 0 Å². The lowest BCUT2D eigenvalue weighted by molar-refractivity contribution is -0.0765. The van der Waals surface area contributed by atoms with Crippen LogP contribution in [0.15, 0.2) is 36.5 Å². The van der Waals surface area contributed by atoms with E-state index in [1.165, 1.54) is 5.56 Å². The number of aromatic nitrogens is 1. The lowest BCUT2D eigenvalue weighted by Gasteiger charge is -2.35. The molecule has 1 aromatic heterocycles. The van der Waals surface area contributed by atoms with Crippen LogP contribution in [0.5, 0.6) is 0 Å². The van der Waals surface area contributed by atoms with E-state index in [0.29, 0.717) is 13.2 Å². The molecule has 0 unspecified atom stereocenters. The Morgan fingerprint density at radius 1 is 1.35 bits per heavy atom. The standard InChI is InChI=1S/C14H12N2O/c15-8-14(9-17-10-14)7-11-3-4-13-12(6-11)2-1-5-16-13/h1-6H,7,9-10H2. The second-order valence-electron chi connectivity index (χ2n) is 4.59. The van der Waals surface area contributed by atoms with Gasteiger partial charge in [0.1, 0.15) is 5.41 Å². The second kappa shape index (κ2) is 3.83. The van der Waals surface area contributed by atoms with Gasteiger partial charge in [0.15, 0.2) is 0 Å². The number of fused-ring (bicyclic) bond motifs is 1. The van der Waals surface area contributed by atoms with Crippen molar-refractivity contribution in [1.29, 1.82) is 5.26 Å². The number of rotatable bonds is 2. The first-order valence-electron chi connectivity index (χ1n) is 5.64. The number of pyridine rings is 1. The molecule has 1 aliphatic heterocycles. The van der Waals surface area contributed by atoms with E-state index in [9.17, 15) is 0 Å². The zero-order valence-corrected chi connectivity index (χ0v) is 9.39. The molecule has 0 N–H and O–H groups in total. The molecule has 0 bridgehead atoms. The summed E-state index contributed by atoms with van der Waals surface area (Å²) >= 11 is 0. The second-order valence-corrected chi connectivity index (χ2v) is 4.59. The minimum atomic E-state index is -0.310. The minimum absolute atomic E-state index is 0.310. The van der Waals surface area contributed by atoms with E-state index in [2.05, 4.69) is 17.1 Å². The van der Waals surface area contributed by atoms with Crippen LogP contribution in [0.25, 0.3) is 10.9 Å². The third-order valence-electron chi connectivity index (χ3n) is 3.20. The number of nitrogens with zero attached hydrogens (tertiary/aromatic N) is 2. The van der Waals surface area contributed by atoms with Crippen LogP contribution in [-0.2, 0) is 11.2 Å². The molecule has 0 saturated carbocycles. The van der Waals surface area contributed by atoms with Crippen molar-refractivity contribution in [1.82, 2.24) is 4.98 Å². The predicted octanol–water partition coefficient (Wildman–Crippen LogP) is 2.32. The van der Waals surface area contributed by atoms with Crippen LogP contribution < -0.4 is 0 Å². The van der Waals surface area contributed by atoms with Gasteiger partial charge >= 0.3 is 0 Å². The summed E-state index contributed by atoms with van der Waals surface area (Å²) in [5.74, 6) is 0. The van der Waals surface area contributed by atoms with Crippen molar-refractivity contribution >= 4 is 10.9 Å². The predicted molar refractivity (Wildman–Crippen MR) is 64.3 cm³/mol. The number of hydrogen-bond donors (Lipinski definition) is 0. The normalized spacial score (nSPS) is 17.4. The summed E-state index contributed by atoms with van der Waals surface area (Å²) in [6.45, 7) is 1.10. The zero-order valence-electron chi connectivity index (χ0n) is 9.39. The van der Waals surface area contributed by atoms with Crippen molar-refractivity contribution in [3.05, 3.63) is 42.1 Å². The summed E-state index contributed by atoms with van der Waals surface area (Å²) in [6, 6.07) is 12.5. The molecule has 0 amide bonds. The van der Waals surface area contributed by atoms with Gasteiger partial charge in [0, 0.05) is 11.6 Å². The molecule has 1 aromatic carbocycles. The van der Waals surface area contributed by atoms with Gasteiger partial charge in [0.05, 0.1) is 24.8 Å².